The summed E-state index contributed by atoms with van der Waals surface area (Å²) in [5.41, 5.74) is 4.55. The first-order valence-electron chi connectivity index (χ1n) is 8.76. The molecule has 0 atom stereocenters. The van der Waals surface area contributed by atoms with Gasteiger partial charge in [0.25, 0.3) is 0 Å². The molecule has 0 saturated carbocycles. The van der Waals surface area contributed by atoms with Crippen LogP contribution in [0.25, 0.3) is 22.0 Å². The van der Waals surface area contributed by atoms with Gasteiger partial charge in [0.05, 0.1) is 17.5 Å². The molecule has 0 radical (unpaired) electrons. The van der Waals surface area contributed by atoms with E-state index in [2.05, 4.69) is 46.8 Å². The Labute approximate surface area is 166 Å². The third-order valence-corrected chi connectivity index (χ3v) is 6.44. The Morgan fingerprint density at radius 1 is 1.15 bits per heavy atom. The molecule has 3 aromatic heterocycles. The summed E-state index contributed by atoms with van der Waals surface area (Å²) >= 11 is 3.32. The quantitative estimate of drug-likeness (QED) is 0.411. The number of thioether (sulfide) groups is 1. The van der Waals surface area contributed by atoms with Crippen LogP contribution in [-0.4, -0.2) is 19.7 Å². The molecule has 27 heavy (non-hydrogen) atoms. The summed E-state index contributed by atoms with van der Waals surface area (Å²) < 4.78 is 7.37. The van der Waals surface area contributed by atoms with E-state index in [9.17, 15) is 0 Å². The number of furan rings is 1. The molecule has 0 N–H and O–H groups in total. The van der Waals surface area contributed by atoms with Crippen LogP contribution in [0.4, 0.5) is 0 Å². The molecular formula is C20H20N4OS2. The maximum absolute atomic E-state index is 5.38. The Hall–Kier alpha value is -2.38. The largest absolute Gasteiger partial charge is 0.469 e. The molecule has 138 valence electrons. The standard InChI is InChI=1S/C20H20N4OS2/c1-4-14-5-7-15(8-6-14)19-21-16(11-26-19)12-27-20-23-22-18(24(20)3)17-9-10-25-13(17)2/h5-11H,4,12H2,1-3H3. The lowest BCUT2D eigenvalue weighted by Gasteiger charge is -2.02. The zero-order valence-corrected chi connectivity index (χ0v) is 17.1. The van der Waals surface area contributed by atoms with Gasteiger partial charge in [0, 0.05) is 23.7 Å². The first-order valence-corrected chi connectivity index (χ1v) is 10.6. The van der Waals surface area contributed by atoms with Crippen LogP contribution in [0, 0.1) is 6.92 Å². The molecule has 7 heteroatoms. The SMILES string of the molecule is CCc1ccc(-c2nc(CSc3nnc(-c4ccoc4C)n3C)cs2)cc1. The average Bonchev–Trinajstić information content (AvgIpc) is 3.41. The van der Waals surface area contributed by atoms with Gasteiger partial charge in [-0.25, -0.2) is 4.98 Å². The zero-order chi connectivity index (χ0) is 18.8. The predicted molar refractivity (Wildman–Crippen MR) is 110 cm³/mol. The van der Waals surface area contributed by atoms with Gasteiger partial charge in [0.1, 0.15) is 10.8 Å². The molecule has 0 spiro atoms. The summed E-state index contributed by atoms with van der Waals surface area (Å²) in [6.45, 7) is 4.10. The number of nitrogens with zero attached hydrogens (tertiary/aromatic N) is 4. The van der Waals surface area contributed by atoms with Gasteiger partial charge in [-0.05, 0) is 25.0 Å². The number of hydrogen-bond donors (Lipinski definition) is 0. The highest BCUT2D eigenvalue weighted by atomic mass is 32.2. The lowest BCUT2D eigenvalue weighted by atomic mass is 10.1. The van der Waals surface area contributed by atoms with E-state index in [-0.39, 0.29) is 0 Å². The highest BCUT2D eigenvalue weighted by Gasteiger charge is 2.15. The van der Waals surface area contributed by atoms with Crippen molar-refractivity contribution in [3.8, 4) is 22.0 Å². The van der Waals surface area contributed by atoms with E-state index < -0.39 is 0 Å². The fraction of sp³-hybridized carbons (Fsp3) is 0.250. The molecule has 4 aromatic rings. The third-order valence-electron chi connectivity index (χ3n) is 4.44. The van der Waals surface area contributed by atoms with Crippen LogP contribution in [0.2, 0.25) is 0 Å². The summed E-state index contributed by atoms with van der Waals surface area (Å²) in [5.74, 6) is 2.43. The molecule has 0 aliphatic heterocycles. The molecule has 0 unspecified atom stereocenters. The van der Waals surface area contributed by atoms with E-state index in [4.69, 9.17) is 9.40 Å². The Morgan fingerprint density at radius 2 is 1.96 bits per heavy atom. The van der Waals surface area contributed by atoms with Gasteiger partial charge in [-0.3, -0.25) is 0 Å². The highest BCUT2D eigenvalue weighted by Crippen LogP contribution is 2.30. The molecule has 0 amide bonds. The van der Waals surface area contributed by atoms with Crippen LogP contribution in [0.15, 0.2) is 51.5 Å². The minimum Gasteiger partial charge on any atom is -0.469 e. The van der Waals surface area contributed by atoms with Crippen molar-refractivity contribution in [3.63, 3.8) is 0 Å². The van der Waals surface area contributed by atoms with Gasteiger partial charge in [-0.2, -0.15) is 0 Å². The lowest BCUT2D eigenvalue weighted by molar-refractivity contribution is 0.534. The number of aryl methyl sites for hydroxylation is 2. The molecule has 4 rings (SSSR count). The van der Waals surface area contributed by atoms with Gasteiger partial charge in [-0.15, -0.1) is 21.5 Å². The summed E-state index contributed by atoms with van der Waals surface area (Å²) in [6.07, 6.45) is 2.73. The molecule has 0 aliphatic carbocycles. The minimum atomic E-state index is 0.764. The number of benzene rings is 1. The van der Waals surface area contributed by atoms with Crippen LogP contribution in [0.3, 0.4) is 0 Å². The van der Waals surface area contributed by atoms with Crippen LogP contribution in [0.5, 0.6) is 0 Å². The van der Waals surface area contributed by atoms with Crippen LogP contribution in [0.1, 0.15) is 23.9 Å². The Morgan fingerprint density at radius 3 is 2.67 bits per heavy atom. The van der Waals surface area contributed by atoms with Crippen molar-refractivity contribution in [2.24, 2.45) is 7.05 Å². The van der Waals surface area contributed by atoms with Crippen molar-refractivity contribution in [3.05, 3.63) is 59.0 Å². The first kappa shape index (κ1) is 18.0. The smallest absolute Gasteiger partial charge is 0.191 e. The topological polar surface area (TPSA) is 56.7 Å². The first-order chi connectivity index (χ1) is 13.2. The fourth-order valence-corrected chi connectivity index (χ4v) is 4.55. The Kier molecular flexibility index (Phi) is 5.13. The van der Waals surface area contributed by atoms with E-state index in [1.807, 2.05) is 24.6 Å². The number of thiazole rings is 1. The molecule has 0 aliphatic rings. The van der Waals surface area contributed by atoms with Crippen LogP contribution in [-0.2, 0) is 19.2 Å². The second kappa shape index (κ2) is 7.70. The minimum absolute atomic E-state index is 0.764. The van der Waals surface area contributed by atoms with Gasteiger partial charge in [0.2, 0.25) is 0 Å². The summed E-state index contributed by atoms with van der Waals surface area (Å²) in [5, 5.41) is 12.7. The monoisotopic (exact) mass is 396 g/mol. The fourth-order valence-electron chi connectivity index (χ4n) is 2.82. The van der Waals surface area contributed by atoms with E-state index in [1.165, 1.54) is 11.1 Å². The Bertz CT molecular complexity index is 1050. The van der Waals surface area contributed by atoms with Crippen molar-refractivity contribution >= 4 is 23.1 Å². The molecule has 5 nitrogen and oxygen atoms in total. The Balaban J connectivity index is 1.46. The van der Waals surface area contributed by atoms with Gasteiger partial charge in [0.15, 0.2) is 11.0 Å². The summed E-state index contributed by atoms with van der Waals surface area (Å²) in [4.78, 5) is 4.78. The molecule has 1 aromatic carbocycles. The van der Waals surface area contributed by atoms with Crippen molar-refractivity contribution in [2.75, 3.05) is 0 Å². The van der Waals surface area contributed by atoms with Gasteiger partial charge in [-0.1, -0.05) is 43.0 Å². The summed E-state index contributed by atoms with van der Waals surface area (Å²) in [7, 11) is 1.98. The van der Waals surface area contributed by atoms with Crippen LogP contribution < -0.4 is 0 Å². The number of rotatable bonds is 6. The second-order valence-corrected chi connectivity index (χ2v) is 8.04. The van der Waals surface area contributed by atoms with Crippen molar-refractivity contribution in [2.45, 2.75) is 31.2 Å². The molecular weight excluding hydrogens is 376 g/mol. The van der Waals surface area contributed by atoms with E-state index in [0.29, 0.717) is 0 Å². The van der Waals surface area contributed by atoms with E-state index >= 15 is 0 Å². The lowest BCUT2D eigenvalue weighted by Crippen LogP contribution is -1.95. The second-order valence-electron chi connectivity index (χ2n) is 6.24. The molecule has 0 saturated heterocycles. The molecule has 3 heterocycles. The molecule has 0 bridgehead atoms. The zero-order valence-electron chi connectivity index (χ0n) is 15.5. The van der Waals surface area contributed by atoms with Gasteiger partial charge < -0.3 is 8.98 Å². The molecule has 0 fully saturated rings. The summed E-state index contributed by atoms with van der Waals surface area (Å²) in [6, 6.07) is 10.6. The number of aromatic nitrogens is 4. The third kappa shape index (κ3) is 3.70. The van der Waals surface area contributed by atoms with Crippen molar-refractivity contribution in [1.29, 1.82) is 0 Å². The van der Waals surface area contributed by atoms with Crippen molar-refractivity contribution in [1.82, 2.24) is 19.7 Å². The van der Waals surface area contributed by atoms with E-state index in [1.54, 1.807) is 29.4 Å². The van der Waals surface area contributed by atoms with Crippen LogP contribution >= 0.6 is 23.1 Å². The predicted octanol–water partition coefficient (Wildman–Crippen LogP) is 5.36. The number of hydrogen-bond acceptors (Lipinski definition) is 6. The average molecular weight is 397 g/mol. The normalized spacial score (nSPS) is 11.2. The maximum Gasteiger partial charge on any atom is 0.191 e. The highest BCUT2D eigenvalue weighted by molar-refractivity contribution is 7.98. The maximum atomic E-state index is 5.38. The van der Waals surface area contributed by atoms with Gasteiger partial charge >= 0.3 is 0 Å². The van der Waals surface area contributed by atoms with Crippen molar-refractivity contribution < 1.29 is 4.42 Å². The van der Waals surface area contributed by atoms with E-state index in [0.717, 1.165) is 45.2 Å².